The van der Waals surface area contributed by atoms with E-state index in [4.69, 9.17) is 0 Å². The van der Waals surface area contributed by atoms with Crippen LogP contribution in [-0.2, 0) is 32.4 Å². The van der Waals surface area contributed by atoms with Crippen LogP contribution in [0.1, 0.15) is 0 Å². The summed E-state index contributed by atoms with van der Waals surface area (Å²) >= 11 is 4.04. The summed E-state index contributed by atoms with van der Waals surface area (Å²) in [4.78, 5) is 3.80. The average molecular weight is 390 g/mol. The Morgan fingerprint density at radius 3 is 2.04 bits per heavy atom. The number of hydrogen-bond acceptors (Lipinski definition) is 9. The smallest absolute Gasteiger partial charge is 0.744 e. The van der Waals surface area contributed by atoms with Crippen molar-refractivity contribution in [3.05, 3.63) is 36.4 Å². The molecule has 2 N–H and O–H groups in total. The zero-order valence-corrected chi connectivity index (χ0v) is 18.3. The van der Waals surface area contributed by atoms with Crippen LogP contribution in [0.5, 0.6) is 17.2 Å². The molecule has 0 heterocycles. The largest absolute Gasteiger partial charge is 1.00 e. The van der Waals surface area contributed by atoms with Gasteiger partial charge < -0.3 is 36.9 Å². The van der Waals surface area contributed by atoms with Crippen LogP contribution in [0.2, 0.25) is 0 Å². The van der Waals surface area contributed by atoms with Gasteiger partial charge in [-0.1, -0.05) is 12.1 Å². The first-order valence-corrected chi connectivity index (χ1v) is 7.32. The number of hydrogen-bond donors (Lipinski definition) is 2. The Bertz CT molecular complexity index is 798. The Labute approximate surface area is 187 Å². The molecule has 0 aromatic heterocycles. The summed E-state index contributed by atoms with van der Waals surface area (Å²) in [6.45, 7) is 0. The molecule has 0 saturated heterocycles. The SMILES string of the molecule is O=S(=O)([O-])c1cc(-c2ccc(O)c(OOO[S-])c2)ccc1O.[Na+].[Na+]. The quantitative estimate of drug-likeness (QED) is 0.171. The number of benzene rings is 2. The van der Waals surface area contributed by atoms with E-state index in [1.807, 2.05) is 0 Å². The van der Waals surface area contributed by atoms with Gasteiger partial charge in [-0.05, 0) is 40.4 Å². The van der Waals surface area contributed by atoms with Crippen molar-refractivity contribution >= 4 is 23.0 Å². The predicted octanol–water partition coefficient (Wildman–Crippen LogP) is -4.62. The van der Waals surface area contributed by atoms with Gasteiger partial charge in [0.1, 0.15) is 15.9 Å². The Morgan fingerprint density at radius 1 is 0.958 bits per heavy atom. The maximum atomic E-state index is 11.1. The fraction of sp³-hybridized carbons (Fsp3) is 0. The van der Waals surface area contributed by atoms with Crippen molar-refractivity contribution in [1.82, 2.24) is 0 Å². The number of rotatable bonds is 5. The minimum absolute atomic E-state index is 0. The molecule has 0 amide bonds. The maximum absolute atomic E-state index is 11.1. The molecular formula is C12H8Na2O8S2. The molecule has 2 aromatic rings. The zero-order valence-electron chi connectivity index (χ0n) is 12.6. The maximum Gasteiger partial charge on any atom is 1.00 e. The molecule has 0 atom stereocenters. The molecule has 0 aliphatic heterocycles. The number of aromatic hydroxyl groups is 2. The second-order valence-corrected chi connectivity index (χ2v) is 5.52. The molecule has 0 bridgehead atoms. The van der Waals surface area contributed by atoms with Crippen molar-refractivity contribution < 1.29 is 96.6 Å². The first-order chi connectivity index (χ1) is 10.3. The summed E-state index contributed by atoms with van der Waals surface area (Å²) in [5.74, 6) is -1.09. The second kappa shape index (κ2) is 10.2. The van der Waals surface area contributed by atoms with Crippen molar-refractivity contribution in [2.75, 3.05) is 0 Å². The van der Waals surface area contributed by atoms with Gasteiger partial charge in [-0.15, -0.1) is 0 Å². The summed E-state index contributed by atoms with van der Waals surface area (Å²) in [7, 11) is -4.84. The third-order valence-corrected chi connectivity index (χ3v) is 3.60. The van der Waals surface area contributed by atoms with E-state index in [0.717, 1.165) is 12.1 Å². The topological polar surface area (TPSA) is 125 Å². The summed E-state index contributed by atoms with van der Waals surface area (Å²) in [6, 6.07) is 7.41. The first-order valence-electron chi connectivity index (χ1n) is 5.58. The van der Waals surface area contributed by atoms with Gasteiger partial charge in [0.05, 0.1) is 4.90 Å². The molecule has 0 fully saturated rings. The van der Waals surface area contributed by atoms with Crippen molar-refractivity contribution in [2.24, 2.45) is 0 Å². The van der Waals surface area contributed by atoms with Crippen molar-refractivity contribution in [1.29, 1.82) is 0 Å². The monoisotopic (exact) mass is 390 g/mol. The predicted molar refractivity (Wildman–Crippen MR) is 73.3 cm³/mol. The molecule has 118 valence electrons. The van der Waals surface area contributed by atoms with Crippen molar-refractivity contribution in [3.8, 4) is 28.4 Å². The van der Waals surface area contributed by atoms with Crippen LogP contribution in [0.4, 0.5) is 0 Å². The van der Waals surface area contributed by atoms with Crippen LogP contribution in [0.3, 0.4) is 0 Å². The van der Waals surface area contributed by atoms with Crippen LogP contribution >= 0.6 is 0 Å². The average Bonchev–Trinajstić information content (AvgIpc) is 2.46. The third kappa shape index (κ3) is 6.07. The Morgan fingerprint density at radius 2 is 1.50 bits per heavy atom. The van der Waals surface area contributed by atoms with Gasteiger partial charge in [0.2, 0.25) is 5.75 Å². The fourth-order valence-corrected chi connectivity index (χ4v) is 2.33. The van der Waals surface area contributed by atoms with Gasteiger partial charge in [-0.3, -0.25) is 0 Å². The molecule has 0 saturated carbocycles. The summed E-state index contributed by atoms with van der Waals surface area (Å²) in [6.07, 6.45) is 0. The van der Waals surface area contributed by atoms with Crippen LogP contribution in [0, 0.1) is 0 Å². The van der Waals surface area contributed by atoms with E-state index < -0.39 is 20.8 Å². The van der Waals surface area contributed by atoms with Gasteiger partial charge in [-0.25, -0.2) is 8.42 Å². The summed E-state index contributed by atoms with van der Waals surface area (Å²) in [5.41, 5.74) is 0.669. The third-order valence-electron chi connectivity index (χ3n) is 2.67. The molecule has 8 nitrogen and oxygen atoms in total. The molecule has 0 radical (unpaired) electrons. The van der Waals surface area contributed by atoms with E-state index >= 15 is 0 Å². The standard InChI is InChI=1S/C12H10O8S2.2Na/c13-9-3-1-7(5-11(9)18-19-20-21)8-2-4-10(14)12(6-8)22(15,16)17;;/h1-6,13-14,21H,(H,15,16,17);;/q;2*+1/p-2. The molecule has 2 aromatic carbocycles. The van der Waals surface area contributed by atoms with Crippen LogP contribution in [0.15, 0.2) is 41.3 Å². The molecular weight excluding hydrogens is 382 g/mol. The number of phenolic OH excluding ortho intramolecular Hbond substituents is 2. The summed E-state index contributed by atoms with van der Waals surface area (Å²) in [5, 5.41) is 23.1. The Hall–Kier alpha value is 0.0200. The summed E-state index contributed by atoms with van der Waals surface area (Å²) < 4.78 is 37.0. The van der Waals surface area contributed by atoms with E-state index in [1.165, 1.54) is 24.3 Å². The van der Waals surface area contributed by atoms with Crippen LogP contribution in [0.25, 0.3) is 11.1 Å². The molecule has 0 unspecified atom stereocenters. The van der Waals surface area contributed by atoms with Crippen molar-refractivity contribution in [3.63, 3.8) is 0 Å². The van der Waals surface area contributed by atoms with Gasteiger partial charge in [0.15, 0.2) is 5.75 Å². The van der Waals surface area contributed by atoms with E-state index in [-0.39, 0.29) is 76.2 Å². The Balaban J connectivity index is 0.00000264. The van der Waals surface area contributed by atoms with E-state index in [1.54, 1.807) is 0 Å². The Kier molecular flexibility index (Phi) is 10.2. The normalized spacial score (nSPS) is 10.4. The number of phenols is 2. The van der Waals surface area contributed by atoms with Gasteiger partial charge in [0.25, 0.3) is 0 Å². The van der Waals surface area contributed by atoms with Gasteiger partial charge >= 0.3 is 59.1 Å². The van der Waals surface area contributed by atoms with Gasteiger partial charge in [0, 0.05) is 0 Å². The molecule has 0 aliphatic rings. The minimum atomic E-state index is -4.84. The van der Waals surface area contributed by atoms with E-state index in [2.05, 4.69) is 27.2 Å². The second-order valence-electron chi connectivity index (χ2n) is 4.04. The minimum Gasteiger partial charge on any atom is -0.744 e. The van der Waals surface area contributed by atoms with E-state index in [9.17, 15) is 23.2 Å². The fourth-order valence-electron chi connectivity index (χ4n) is 1.70. The molecule has 12 heteroatoms. The van der Waals surface area contributed by atoms with Crippen molar-refractivity contribution in [2.45, 2.75) is 4.90 Å². The van der Waals surface area contributed by atoms with Crippen LogP contribution < -0.4 is 64.0 Å². The molecule has 0 aliphatic carbocycles. The first kappa shape index (κ1) is 24.0. The molecule has 24 heavy (non-hydrogen) atoms. The molecule has 0 spiro atoms. The van der Waals surface area contributed by atoms with Crippen LogP contribution in [-0.4, -0.2) is 23.2 Å². The van der Waals surface area contributed by atoms with Gasteiger partial charge in [-0.2, -0.15) is 0 Å². The van der Waals surface area contributed by atoms with E-state index in [0.29, 0.717) is 5.56 Å². The molecule has 2 rings (SSSR count). The zero-order chi connectivity index (χ0) is 16.3.